The summed E-state index contributed by atoms with van der Waals surface area (Å²) in [6.07, 6.45) is 3.62. The first kappa shape index (κ1) is 19.8. The van der Waals surface area contributed by atoms with Gasteiger partial charge >= 0.3 is 11.6 Å². The van der Waals surface area contributed by atoms with E-state index in [4.69, 9.17) is 0 Å². The molecule has 0 spiro atoms. The van der Waals surface area contributed by atoms with Crippen LogP contribution >= 0.6 is 23.1 Å². The number of β-lactam (4-membered cyclic amide) rings is 1. The van der Waals surface area contributed by atoms with Crippen molar-refractivity contribution in [3.05, 3.63) is 58.3 Å². The maximum absolute atomic E-state index is 12.8. The van der Waals surface area contributed by atoms with Gasteiger partial charge in [0.25, 0.3) is 5.91 Å². The van der Waals surface area contributed by atoms with Crippen LogP contribution in [0.5, 0.6) is 0 Å². The summed E-state index contributed by atoms with van der Waals surface area (Å²) in [6, 6.07) is 6.76. The van der Waals surface area contributed by atoms with E-state index in [9.17, 15) is 19.5 Å². The monoisotopic (exact) mass is 456 g/mol. The van der Waals surface area contributed by atoms with Gasteiger partial charge in [0, 0.05) is 16.2 Å². The number of rotatable bonds is 6. The predicted octanol–water partition coefficient (Wildman–Crippen LogP) is 0.893. The van der Waals surface area contributed by atoms with Gasteiger partial charge in [-0.1, -0.05) is 6.07 Å². The molecule has 2 atom stereocenters. The van der Waals surface area contributed by atoms with Gasteiger partial charge < -0.3 is 15.4 Å². The molecule has 5 rings (SSSR count). The Morgan fingerprint density at radius 3 is 3.00 bits per heavy atom. The van der Waals surface area contributed by atoms with Gasteiger partial charge in [0.15, 0.2) is 0 Å². The van der Waals surface area contributed by atoms with Crippen LogP contribution in [0, 0.1) is 0 Å². The molecule has 0 radical (unpaired) electrons. The van der Waals surface area contributed by atoms with Crippen molar-refractivity contribution in [3.8, 4) is 0 Å². The molecule has 5 heterocycles. The number of imidazole rings is 1. The van der Waals surface area contributed by atoms with Crippen LogP contribution in [0.3, 0.4) is 0 Å². The van der Waals surface area contributed by atoms with Crippen molar-refractivity contribution < 1.29 is 24.1 Å². The summed E-state index contributed by atoms with van der Waals surface area (Å²) in [5, 5.41) is 14.1. The highest BCUT2D eigenvalue weighted by molar-refractivity contribution is 8.00. The number of aliphatic carboxylic acids is 1. The van der Waals surface area contributed by atoms with Crippen LogP contribution in [0.25, 0.3) is 11.2 Å². The normalized spacial score (nSPS) is 20.5. The van der Waals surface area contributed by atoms with Crippen LogP contribution in [0.2, 0.25) is 0 Å². The SMILES string of the molecule is O=C(Cc1cccs1)NC1C(=O)N2C(C(=O)O)=C(C[n+]3cccc4[nH]cnc43)CS[C@@H]12. The Morgan fingerprint density at radius 2 is 2.23 bits per heavy atom. The number of nitrogens with zero attached hydrogens (tertiary/aromatic N) is 3. The number of pyridine rings is 1. The second kappa shape index (κ2) is 7.82. The third-order valence-electron chi connectivity index (χ3n) is 5.29. The first-order chi connectivity index (χ1) is 15.0. The van der Waals surface area contributed by atoms with E-state index in [0.717, 1.165) is 10.4 Å². The molecule has 3 aromatic heterocycles. The summed E-state index contributed by atoms with van der Waals surface area (Å²) in [5.41, 5.74) is 2.18. The average molecular weight is 457 g/mol. The minimum absolute atomic E-state index is 0.00227. The molecule has 0 saturated carbocycles. The molecule has 0 aromatic carbocycles. The fourth-order valence-electron chi connectivity index (χ4n) is 3.90. The van der Waals surface area contributed by atoms with Gasteiger partial charge in [-0.15, -0.1) is 23.1 Å². The quantitative estimate of drug-likeness (QED) is 0.375. The lowest BCUT2D eigenvalue weighted by molar-refractivity contribution is -0.664. The molecule has 31 heavy (non-hydrogen) atoms. The summed E-state index contributed by atoms with van der Waals surface area (Å²) in [5.74, 6) is -1.34. The van der Waals surface area contributed by atoms with Crippen molar-refractivity contribution in [1.29, 1.82) is 0 Å². The Balaban J connectivity index is 1.36. The average Bonchev–Trinajstić information content (AvgIpc) is 3.43. The molecule has 3 N–H and O–H groups in total. The van der Waals surface area contributed by atoms with E-state index in [1.807, 2.05) is 40.4 Å². The van der Waals surface area contributed by atoms with Gasteiger partial charge in [-0.2, -0.15) is 0 Å². The van der Waals surface area contributed by atoms with Crippen LogP contribution in [0.1, 0.15) is 4.88 Å². The molecule has 2 aliphatic heterocycles. The van der Waals surface area contributed by atoms with E-state index in [1.54, 1.807) is 6.33 Å². The van der Waals surface area contributed by atoms with Crippen LogP contribution < -0.4 is 9.88 Å². The third-order valence-corrected chi connectivity index (χ3v) is 7.51. The smallest absolute Gasteiger partial charge is 0.352 e. The zero-order valence-electron chi connectivity index (χ0n) is 16.1. The molecule has 0 aliphatic carbocycles. The largest absolute Gasteiger partial charge is 0.477 e. The number of carbonyl (C=O) groups is 3. The first-order valence-electron chi connectivity index (χ1n) is 9.56. The number of carboxylic acids is 1. The summed E-state index contributed by atoms with van der Waals surface area (Å²) >= 11 is 2.94. The summed E-state index contributed by atoms with van der Waals surface area (Å²) in [6.45, 7) is 0.308. The first-order valence-corrected chi connectivity index (χ1v) is 11.5. The van der Waals surface area contributed by atoms with E-state index in [-0.39, 0.29) is 18.0 Å². The van der Waals surface area contributed by atoms with E-state index >= 15 is 0 Å². The minimum Gasteiger partial charge on any atom is -0.477 e. The van der Waals surface area contributed by atoms with Gasteiger partial charge in [-0.05, 0) is 28.6 Å². The van der Waals surface area contributed by atoms with Crippen LogP contribution in [0.15, 0.2) is 53.4 Å². The van der Waals surface area contributed by atoms with Crippen LogP contribution in [-0.4, -0.2) is 54.9 Å². The van der Waals surface area contributed by atoms with Gasteiger partial charge in [0.2, 0.25) is 12.2 Å². The molecular formula is C20H18N5O4S2+. The van der Waals surface area contributed by atoms with Gasteiger partial charge in [0.1, 0.15) is 29.2 Å². The predicted molar refractivity (Wildman–Crippen MR) is 114 cm³/mol. The molecule has 2 amide bonds. The van der Waals surface area contributed by atoms with E-state index in [1.165, 1.54) is 28.0 Å². The van der Waals surface area contributed by atoms with Crippen molar-refractivity contribution in [2.75, 3.05) is 5.75 Å². The number of aromatic nitrogens is 3. The molecule has 3 aromatic rings. The highest BCUT2D eigenvalue weighted by atomic mass is 32.2. The molecule has 11 heteroatoms. The van der Waals surface area contributed by atoms with Crippen molar-refractivity contribution in [1.82, 2.24) is 20.2 Å². The summed E-state index contributed by atoms with van der Waals surface area (Å²) in [4.78, 5) is 46.7. The number of fused-ring (bicyclic) bond motifs is 2. The fourth-order valence-corrected chi connectivity index (χ4v) is 5.93. The highest BCUT2D eigenvalue weighted by Crippen LogP contribution is 2.40. The van der Waals surface area contributed by atoms with Gasteiger partial charge in [-0.3, -0.25) is 14.5 Å². The lowest BCUT2D eigenvalue weighted by Crippen LogP contribution is -2.70. The summed E-state index contributed by atoms with van der Waals surface area (Å²) < 4.78 is 1.86. The molecule has 1 unspecified atom stereocenters. The molecule has 9 nitrogen and oxygen atoms in total. The second-order valence-electron chi connectivity index (χ2n) is 7.24. The molecule has 0 bridgehead atoms. The topological polar surface area (TPSA) is 119 Å². The summed E-state index contributed by atoms with van der Waals surface area (Å²) in [7, 11) is 0. The van der Waals surface area contributed by atoms with Crippen molar-refractivity contribution in [2.24, 2.45) is 0 Å². The Bertz CT molecular complexity index is 1220. The number of amides is 2. The Morgan fingerprint density at radius 1 is 1.35 bits per heavy atom. The number of carboxylic acid groups (broad SMARTS) is 1. The fraction of sp³-hybridized carbons (Fsp3) is 0.250. The molecular weight excluding hydrogens is 438 g/mol. The van der Waals surface area contributed by atoms with Crippen molar-refractivity contribution >= 4 is 52.0 Å². The van der Waals surface area contributed by atoms with E-state index in [2.05, 4.69) is 15.3 Å². The number of hydrogen-bond donors (Lipinski definition) is 3. The number of H-pyrrole nitrogens is 1. The van der Waals surface area contributed by atoms with Crippen LogP contribution in [-0.2, 0) is 27.3 Å². The van der Waals surface area contributed by atoms with Gasteiger partial charge in [0.05, 0.1) is 12.6 Å². The lowest BCUT2D eigenvalue weighted by Gasteiger charge is -2.49. The third kappa shape index (κ3) is 3.49. The van der Waals surface area contributed by atoms with Crippen molar-refractivity contribution in [2.45, 2.75) is 24.4 Å². The van der Waals surface area contributed by atoms with Crippen molar-refractivity contribution in [3.63, 3.8) is 0 Å². The Labute approximate surface area is 184 Å². The number of carbonyl (C=O) groups excluding carboxylic acids is 2. The van der Waals surface area contributed by atoms with E-state index < -0.39 is 23.3 Å². The number of hydrogen-bond acceptors (Lipinski definition) is 6. The zero-order valence-corrected chi connectivity index (χ0v) is 17.8. The Kier molecular flexibility index (Phi) is 4.98. The van der Waals surface area contributed by atoms with Gasteiger partial charge in [-0.25, -0.2) is 9.36 Å². The molecule has 1 saturated heterocycles. The number of nitrogens with one attached hydrogen (secondary N) is 2. The zero-order chi connectivity index (χ0) is 21.5. The Hall–Kier alpha value is -3.18. The number of thiophene rings is 1. The molecule has 158 valence electrons. The second-order valence-corrected chi connectivity index (χ2v) is 9.38. The molecule has 2 aliphatic rings. The standard InChI is InChI=1S/C20H17N5O4S2/c26-14(7-12-3-2-6-30-12)23-15-18(27)25-16(20(28)29)11(9-31-19(15)25)8-24-5-1-4-13-17(24)22-10-21-13/h1-6,10,15,19H,7-9H2,(H2,23,26,28,29)/p+1/t15?,19-/m0/s1. The van der Waals surface area contributed by atoms with Crippen LogP contribution in [0.4, 0.5) is 0 Å². The molecule has 1 fully saturated rings. The highest BCUT2D eigenvalue weighted by Gasteiger charge is 2.54. The number of thioether (sulfide) groups is 1. The number of aromatic amines is 1. The lowest BCUT2D eigenvalue weighted by atomic mass is 10.0. The maximum atomic E-state index is 12.8. The maximum Gasteiger partial charge on any atom is 0.352 e. The minimum atomic E-state index is -1.15. The van der Waals surface area contributed by atoms with E-state index in [0.29, 0.717) is 23.5 Å².